The number of carbonyl (C=O) groups excluding carboxylic acids is 2. The van der Waals surface area contributed by atoms with Gasteiger partial charge in [0.1, 0.15) is 11.6 Å². The molecule has 0 atom stereocenters. The fraction of sp³-hybridized carbons (Fsp3) is 0.150. The second kappa shape index (κ2) is 10.3. The van der Waals surface area contributed by atoms with Crippen molar-refractivity contribution < 1.29 is 9.59 Å². The number of hydrogen-bond acceptors (Lipinski definition) is 8. The SMILES string of the molecule is C=CC(=O)Nc1cccc(CNc2nc(Nc3cnn(CC(=O)CN)c3)ncc2Cl)c1. The standard InChI is InChI=1S/C20H21ClN8O2/c1-2-18(31)26-14-5-3-4-13(6-14)8-23-19-17(21)10-24-20(28-19)27-15-9-25-29(11-15)12-16(30)7-22/h2-6,9-11H,1,7-8,12,22H2,(H,26,31)(H2,23,24,27,28). The Balaban J connectivity index is 1.65. The monoisotopic (exact) mass is 440 g/mol. The molecule has 31 heavy (non-hydrogen) atoms. The van der Waals surface area contributed by atoms with E-state index in [1.165, 1.54) is 17.0 Å². The van der Waals surface area contributed by atoms with Crippen molar-refractivity contribution >= 4 is 46.4 Å². The second-order valence-corrected chi connectivity index (χ2v) is 6.84. The molecule has 160 valence electrons. The van der Waals surface area contributed by atoms with Crippen LogP contribution >= 0.6 is 11.6 Å². The van der Waals surface area contributed by atoms with Crippen LogP contribution in [0.4, 0.5) is 23.1 Å². The number of anilines is 4. The van der Waals surface area contributed by atoms with Crippen molar-refractivity contribution in [1.29, 1.82) is 0 Å². The Labute approximate surface area is 183 Å². The smallest absolute Gasteiger partial charge is 0.247 e. The Kier molecular flexibility index (Phi) is 7.31. The van der Waals surface area contributed by atoms with Crippen LogP contribution in [0.5, 0.6) is 0 Å². The predicted octanol–water partition coefficient (Wildman–Crippen LogP) is 2.33. The van der Waals surface area contributed by atoms with Crippen molar-refractivity contribution in [3.8, 4) is 0 Å². The molecule has 0 saturated carbocycles. The third-order valence-corrected chi connectivity index (χ3v) is 4.32. The van der Waals surface area contributed by atoms with Crippen molar-refractivity contribution in [3.05, 3.63) is 66.1 Å². The maximum atomic E-state index is 11.5. The number of rotatable bonds is 10. The van der Waals surface area contributed by atoms with Gasteiger partial charge in [0.25, 0.3) is 0 Å². The van der Waals surface area contributed by atoms with Crippen LogP contribution < -0.4 is 21.7 Å². The highest BCUT2D eigenvalue weighted by Crippen LogP contribution is 2.22. The average Bonchev–Trinajstić information content (AvgIpc) is 3.20. The third kappa shape index (κ3) is 6.36. The summed E-state index contributed by atoms with van der Waals surface area (Å²) < 4.78 is 1.48. The van der Waals surface area contributed by atoms with Crippen molar-refractivity contribution in [2.45, 2.75) is 13.1 Å². The number of aromatic nitrogens is 4. The highest BCUT2D eigenvalue weighted by Gasteiger charge is 2.09. The van der Waals surface area contributed by atoms with Gasteiger partial charge in [-0.15, -0.1) is 0 Å². The van der Waals surface area contributed by atoms with Crippen molar-refractivity contribution in [2.24, 2.45) is 5.73 Å². The molecule has 0 radical (unpaired) electrons. The lowest BCUT2D eigenvalue weighted by atomic mass is 10.2. The number of nitrogens with one attached hydrogen (secondary N) is 3. The van der Waals surface area contributed by atoms with E-state index in [-0.39, 0.29) is 24.8 Å². The van der Waals surface area contributed by atoms with Crippen LogP contribution in [0.1, 0.15) is 5.56 Å². The molecular formula is C20H21ClN8O2. The minimum absolute atomic E-state index is 0.0402. The van der Waals surface area contributed by atoms with E-state index in [9.17, 15) is 9.59 Å². The van der Waals surface area contributed by atoms with Crippen LogP contribution in [0, 0.1) is 0 Å². The average molecular weight is 441 g/mol. The summed E-state index contributed by atoms with van der Waals surface area (Å²) in [7, 11) is 0. The van der Waals surface area contributed by atoms with Crippen molar-refractivity contribution in [1.82, 2.24) is 19.7 Å². The highest BCUT2D eigenvalue weighted by molar-refractivity contribution is 6.32. The first-order chi connectivity index (χ1) is 15.0. The molecule has 11 heteroatoms. The van der Waals surface area contributed by atoms with E-state index in [0.29, 0.717) is 34.7 Å². The molecule has 1 amide bonds. The third-order valence-electron chi connectivity index (χ3n) is 4.04. The Bertz CT molecular complexity index is 1100. The van der Waals surface area contributed by atoms with Gasteiger partial charge in [-0.1, -0.05) is 30.3 Å². The minimum Gasteiger partial charge on any atom is -0.365 e. The van der Waals surface area contributed by atoms with Gasteiger partial charge in [-0.25, -0.2) is 4.98 Å². The molecule has 0 spiro atoms. The molecule has 0 aliphatic rings. The molecule has 10 nitrogen and oxygen atoms in total. The molecule has 2 aromatic heterocycles. The molecule has 3 rings (SSSR count). The van der Waals surface area contributed by atoms with Gasteiger partial charge in [-0.2, -0.15) is 10.1 Å². The lowest BCUT2D eigenvalue weighted by molar-refractivity contribution is -0.118. The zero-order chi connectivity index (χ0) is 22.2. The first kappa shape index (κ1) is 21.9. The fourth-order valence-electron chi connectivity index (χ4n) is 2.58. The topological polar surface area (TPSA) is 140 Å². The van der Waals surface area contributed by atoms with Crippen molar-refractivity contribution in [3.63, 3.8) is 0 Å². The Morgan fingerprint density at radius 1 is 1.26 bits per heavy atom. The zero-order valence-corrected chi connectivity index (χ0v) is 17.3. The molecule has 0 fully saturated rings. The zero-order valence-electron chi connectivity index (χ0n) is 16.5. The number of carbonyl (C=O) groups is 2. The number of nitrogens with two attached hydrogens (primary N) is 1. The van der Waals surface area contributed by atoms with Crippen LogP contribution in [0.3, 0.4) is 0 Å². The van der Waals surface area contributed by atoms with Gasteiger partial charge >= 0.3 is 0 Å². The first-order valence-corrected chi connectivity index (χ1v) is 9.64. The largest absolute Gasteiger partial charge is 0.365 e. The summed E-state index contributed by atoms with van der Waals surface area (Å²) in [5.74, 6) is 0.335. The van der Waals surface area contributed by atoms with Crippen LogP contribution in [0.15, 0.2) is 55.5 Å². The lowest BCUT2D eigenvalue weighted by Crippen LogP contribution is -2.19. The summed E-state index contributed by atoms with van der Waals surface area (Å²) >= 11 is 6.21. The molecule has 2 heterocycles. The molecule has 0 unspecified atom stereocenters. The number of Topliss-reactive ketones (excluding diaryl/α,β-unsaturated/α-hetero) is 1. The van der Waals surface area contributed by atoms with Crippen LogP contribution in [0.2, 0.25) is 5.02 Å². The highest BCUT2D eigenvalue weighted by atomic mass is 35.5. The van der Waals surface area contributed by atoms with Gasteiger partial charge in [0, 0.05) is 18.4 Å². The summed E-state index contributed by atoms with van der Waals surface area (Å²) in [4.78, 5) is 31.4. The van der Waals surface area contributed by atoms with E-state index in [1.54, 1.807) is 18.5 Å². The van der Waals surface area contributed by atoms with Crippen LogP contribution in [-0.4, -0.2) is 38.0 Å². The molecular weight excluding hydrogens is 420 g/mol. The lowest BCUT2D eigenvalue weighted by Gasteiger charge is -2.10. The van der Waals surface area contributed by atoms with E-state index in [1.807, 2.05) is 18.2 Å². The quantitative estimate of drug-likeness (QED) is 0.352. The fourth-order valence-corrected chi connectivity index (χ4v) is 2.74. The Hall–Kier alpha value is -3.76. The summed E-state index contributed by atoms with van der Waals surface area (Å²) in [6.45, 7) is 3.92. The molecule has 5 N–H and O–H groups in total. The van der Waals surface area contributed by atoms with Gasteiger partial charge in [0.15, 0.2) is 11.6 Å². The summed E-state index contributed by atoms with van der Waals surface area (Å²) in [5, 5.41) is 13.3. The molecule has 0 aliphatic carbocycles. The maximum Gasteiger partial charge on any atom is 0.247 e. The summed E-state index contributed by atoms with van der Waals surface area (Å²) in [6.07, 6.45) is 5.89. The normalized spacial score (nSPS) is 10.4. The van der Waals surface area contributed by atoms with Crippen LogP contribution in [-0.2, 0) is 22.7 Å². The number of ketones is 1. The van der Waals surface area contributed by atoms with E-state index in [0.717, 1.165) is 5.56 Å². The van der Waals surface area contributed by atoms with E-state index < -0.39 is 0 Å². The van der Waals surface area contributed by atoms with E-state index in [2.05, 4.69) is 37.6 Å². The summed E-state index contributed by atoms with van der Waals surface area (Å²) in [5.41, 5.74) is 7.51. The van der Waals surface area contributed by atoms with E-state index in [4.69, 9.17) is 17.3 Å². The Morgan fingerprint density at radius 2 is 2.10 bits per heavy atom. The second-order valence-electron chi connectivity index (χ2n) is 6.43. The maximum absolute atomic E-state index is 11.5. The molecule has 1 aromatic carbocycles. The van der Waals surface area contributed by atoms with Crippen LogP contribution in [0.25, 0.3) is 0 Å². The number of hydrogen-bond donors (Lipinski definition) is 4. The summed E-state index contributed by atoms with van der Waals surface area (Å²) in [6, 6.07) is 7.35. The number of amides is 1. The van der Waals surface area contributed by atoms with Gasteiger partial charge in [-0.3, -0.25) is 14.3 Å². The molecule has 0 saturated heterocycles. The molecule has 3 aromatic rings. The number of halogens is 1. The predicted molar refractivity (Wildman–Crippen MR) is 119 cm³/mol. The minimum atomic E-state index is -0.282. The Morgan fingerprint density at radius 3 is 2.87 bits per heavy atom. The van der Waals surface area contributed by atoms with Gasteiger partial charge < -0.3 is 21.7 Å². The number of benzene rings is 1. The molecule has 0 aliphatic heterocycles. The van der Waals surface area contributed by atoms with Gasteiger partial charge in [0.2, 0.25) is 11.9 Å². The van der Waals surface area contributed by atoms with Crippen molar-refractivity contribution in [2.75, 3.05) is 22.5 Å². The van der Waals surface area contributed by atoms with Gasteiger partial charge in [0.05, 0.1) is 24.6 Å². The van der Waals surface area contributed by atoms with E-state index >= 15 is 0 Å². The molecule has 0 bridgehead atoms. The van der Waals surface area contributed by atoms with Gasteiger partial charge in [-0.05, 0) is 23.8 Å². The first-order valence-electron chi connectivity index (χ1n) is 9.27. The number of nitrogens with zero attached hydrogens (tertiary/aromatic N) is 4.